The SMILES string of the molecule is COc1cc(C)c(Cl)c(C)c1CCC#N. The molecule has 0 aliphatic heterocycles. The van der Waals surface area contributed by atoms with Gasteiger partial charge in [-0.1, -0.05) is 11.6 Å². The Morgan fingerprint density at radius 2 is 2.13 bits per heavy atom. The molecule has 1 rings (SSSR count). The van der Waals surface area contributed by atoms with Crippen molar-refractivity contribution in [1.29, 1.82) is 5.26 Å². The molecule has 0 radical (unpaired) electrons. The van der Waals surface area contributed by atoms with Gasteiger partial charge in [0.25, 0.3) is 0 Å². The number of methoxy groups -OCH3 is 1. The minimum Gasteiger partial charge on any atom is -0.496 e. The number of hydrogen-bond acceptors (Lipinski definition) is 2. The van der Waals surface area contributed by atoms with Crippen molar-refractivity contribution >= 4 is 11.6 Å². The zero-order chi connectivity index (χ0) is 11.4. The van der Waals surface area contributed by atoms with Crippen LogP contribution >= 0.6 is 11.6 Å². The maximum absolute atomic E-state index is 8.58. The second-order valence-electron chi connectivity index (χ2n) is 3.47. The van der Waals surface area contributed by atoms with Crippen molar-refractivity contribution in [3.05, 3.63) is 27.8 Å². The van der Waals surface area contributed by atoms with E-state index in [9.17, 15) is 0 Å². The summed E-state index contributed by atoms with van der Waals surface area (Å²) in [5, 5.41) is 9.35. The number of ether oxygens (including phenoxy) is 1. The van der Waals surface area contributed by atoms with E-state index >= 15 is 0 Å². The number of benzene rings is 1. The van der Waals surface area contributed by atoms with Gasteiger partial charge in [0, 0.05) is 11.4 Å². The number of halogens is 1. The van der Waals surface area contributed by atoms with E-state index in [-0.39, 0.29) is 0 Å². The summed E-state index contributed by atoms with van der Waals surface area (Å²) < 4.78 is 5.29. The molecule has 1 aromatic carbocycles. The first-order valence-corrected chi connectivity index (χ1v) is 5.19. The second-order valence-corrected chi connectivity index (χ2v) is 3.85. The van der Waals surface area contributed by atoms with Crippen molar-refractivity contribution in [2.45, 2.75) is 26.7 Å². The van der Waals surface area contributed by atoms with Crippen LogP contribution in [0.3, 0.4) is 0 Å². The van der Waals surface area contributed by atoms with Crippen LogP contribution in [0.1, 0.15) is 23.1 Å². The Kier molecular flexibility index (Phi) is 3.99. The molecule has 0 heterocycles. The highest BCUT2D eigenvalue weighted by molar-refractivity contribution is 6.32. The van der Waals surface area contributed by atoms with Crippen molar-refractivity contribution in [1.82, 2.24) is 0 Å². The van der Waals surface area contributed by atoms with Gasteiger partial charge in [0.1, 0.15) is 5.75 Å². The van der Waals surface area contributed by atoms with Gasteiger partial charge in [-0.3, -0.25) is 0 Å². The highest BCUT2D eigenvalue weighted by atomic mass is 35.5. The van der Waals surface area contributed by atoms with E-state index in [4.69, 9.17) is 21.6 Å². The summed E-state index contributed by atoms with van der Waals surface area (Å²) in [7, 11) is 1.64. The molecule has 15 heavy (non-hydrogen) atoms. The minimum atomic E-state index is 0.483. The maximum atomic E-state index is 8.58. The minimum absolute atomic E-state index is 0.483. The lowest BCUT2D eigenvalue weighted by atomic mass is 10.0. The molecule has 0 atom stereocenters. The number of nitriles is 1. The first-order chi connectivity index (χ1) is 7.11. The molecule has 0 saturated carbocycles. The fraction of sp³-hybridized carbons (Fsp3) is 0.417. The predicted octanol–water partition coefficient (Wildman–Crippen LogP) is 3.42. The van der Waals surface area contributed by atoms with E-state index in [1.165, 1.54) is 0 Å². The molecular formula is C12H14ClNO. The Bertz CT molecular complexity index is 407. The highest BCUT2D eigenvalue weighted by Crippen LogP contribution is 2.32. The van der Waals surface area contributed by atoms with Crippen molar-refractivity contribution in [2.75, 3.05) is 7.11 Å². The molecule has 0 amide bonds. The van der Waals surface area contributed by atoms with Crippen molar-refractivity contribution in [3.8, 4) is 11.8 Å². The van der Waals surface area contributed by atoms with Gasteiger partial charge >= 0.3 is 0 Å². The molecule has 3 heteroatoms. The molecule has 0 aliphatic rings. The fourth-order valence-electron chi connectivity index (χ4n) is 1.63. The van der Waals surface area contributed by atoms with Gasteiger partial charge in [-0.15, -0.1) is 0 Å². The molecule has 0 aliphatic carbocycles. The lowest BCUT2D eigenvalue weighted by Crippen LogP contribution is -1.98. The largest absolute Gasteiger partial charge is 0.496 e. The summed E-state index contributed by atoms with van der Waals surface area (Å²) >= 11 is 6.15. The molecule has 0 aromatic heterocycles. The molecule has 1 aromatic rings. The fourth-order valence-corrected chi connectivity index (χ4v) is 1.80. The molecule has 0 N–H and O–H groups in total. The van der Waals surface area contributed by atoms with Gasteiger partial charge in [0.15, 0.2) is 0 Å². The van der Waals surface area contributed by atoms with Crippen LogP contribution in [0.5, 0.6) is 5.75 Å². The molecular weight excluding hydrogens is 210 g/mol. The maximum Gasteiger partial charge on any atom is 0.122 e. The lowest BCUT2D eigenvalue weighted by molar-refractivity contribution is 0.409. The standard InChI is InChI=1S/C12H14ClNO/c1-8-7-11(15-3)10(5-4-6-14)9(2)12(8)13/h7H,4-5H2,1-3H3. The lowest BCUT2D eigenvalue weighted by Gasteiger charge is -2.13. The summed E-state index contributed by atoms with van der Waals surface area (Å²) in [6.45, 7) is 3.91. The van der Waals surface area contributed by atoms with Gasteiger partial charge in [0.2, 0.25) is 0 Å². The van der Waals surface area contributed by atoms with Gasteiger partial charge in [-0.05, 0) is 43.0 Å². The Morgan fingerprint density at radius 1 is 1.47 bits per heavy atom. The third kappa shape index (κ3) is 2.43. The number of nitrogens with zero attached hydrogens (tertiary/aromatic N) is 1. The average Bonchev–Trinajstić information content (AvgIpc) is 2.24. The van der Waals surface area contributed by atoms with Crippen LogP contribution in [0.4, 0.5) is 0 Å². The van der Waals surface area contributed by atoms with Crippen LogP contribution in [-0.2, 0) is 6.42 Å². The first-order valence-electron chi connectivity index (χ1n) is 4.81. The quantitative estimate of drug-likeness (QED) is 0.787. The Labute approximate surface area is 95.4 Å². The number of hydrogen-bond donors (Lipinski definition) is 0. The predicted molar refractivity (Wildman–Crippen MR) is 61.4 cm³/mol. The van der Waals surface area contributed by atoms with Crippen molar-refractivity contribution < 1.29 is 4.74 Å². The van der Waals surface area contributed by atoms with Crippen LogP contribution < -0.4 is 4.74 Å². The van der Waals surface area contributed by atoms with E-state index in [0.717, 1.165) is 27.5 Å². The second kappa shape index (κ2) is 5.04. The molecule has 2 nitrogen and oxygen atoms in total. The molecule has 80 valence electrons. The van der Waals surface area contributed by atoms with Crippen LogP contribution in [0, 0.1) is 25.2 Å². The van der Waals surface area contributed by atoms with Crippen molar-refractivity contribution in [2.24, 2.45) is 0 Å². The van der Waals surface area contributed by atoms with Gasteiger partial charge < -0.3 is 4.74 Å². The monoisotopic (exact) mass is 223 g/mol. The number of aryl methyl sites for hydroxylation is 1. The topological polar surface area (TPSA) is 33.0 Å². The van der Waals surface area contributed by atoms with Crippen LogP contribution in [0.2, 0.25) is 5.02 Å². The van der Waals surface area contributed by atoms with E-state index in [2.05, 4.69) is 6.07 Å². The molecule has 0 unspecified atom stereocenters. The first kappa shape index (κ1) is 11.9. The van der Waals surface area contributed by atoms with E-state index < -0.39 is 0 Å². The summed E-state index contributed by atoms with van der Waals surface area (Å²) in [5.74, 6) is 0.824. The molecule has 0 saturated heterocycles. The summed E-state index contributed by atoms with van der Waals surface area (Å²) in [6, 6.07) is 4.05. The molecule has 0 spiro atoms. The van der Waals surface area contributed by atoms with E-state index in [1.807, 2.05) is 19.9 Å². The van der Waals surface area contributed by atoms with Crippen LogP contribution in [0.25, 0.3) is 0 Å². The summed E-state index contributed by atoms with van der Waals surface area (Å²) in [6.07, 6.45) is 1.17. The van der Waals surface area contributed by atoms with Gasteiger partial charge in [0.05, 0.1) is 13.2 Å². The van der Waals surface area contributed by atoms with Crippen LogP contribution in [0.15, 0.2) is 6.07 Å². The molecule has 0 bridgehead atoms. The smallest absolute Gasteiger partial charge is 0.122 e. The third-order valence-corrected chi connectivity index (χ3v) is 3.06. The van der Waals surface area contributed by atoms with Crippen molar-refractivity contribution in [3.63, 3.8) is 0 Å². The van der Waals surface area contributed by atoms with E-state index in [0.29, 0.717) is 12.8 Å². The highest BCUT2D eigenvalue weighted by Gasteiger charge is 2.11. The average molecular weight is 224 g/mol. The Morgan fingerprint density at radius 3 is 2.67 bits per heavy atom. The van der Waals surface area contributed by atoms with Crippen LogP contribution in [-0.4, -0.2) is 7.11 Å². The zero-order valence-corrected chi connectivity index (χ0v) is 9.98. The van der Waals surface area contributed by atoms with Gasteiger partial charge in [-0.25, -0.2) is 0 Å². The summed E-state index contributed by atoms with van der Waals surface area (Å²) in [4.78, 5) is 0. The Balaban J connectivity index is 3.22. The Hall–Kier alpha value is -1.20. The summed E-state index contributed by atoms with van der Waals surface area (Å²) in [5.41, 5.74) is 3.06. The zero-order valence-electron chi connectivity index (χ0n) is 9.22. The molecule has 0 fully saturated rings. The van der Waals surface area contributed by atoms with E-state index in [1.54, 1.807) is 7.11 Å². The number of rotatable bonds is 3. The third-order valence-electron chi connectivity index (χ3n) is 2.48. The van der Waals surface area contributed by atoms with Gasteiger partial charge in [-0.2, -0.15) is 5.26 Å². The normalized spacial score (nSPS) is 9.80.